The van der Waals surface area contributed by atoms with Crippen molar-refractivity contribution in [3.05, 3.63) is 69.6 Å². The Balaban J connectivity index is 1.17. The monoisotopic (exact) mass is 407 g/mol. The first kappa shape index (κ1) is 17.8. The van der Waals surface area contributed by atoms with Gasteiger partial charge in [-0.05, 0) is 66.8 Å². The van der Waals surface area contributed by atoms with Gasteiger partial charge in [-0.1, -0.05) is 35.9 Å². The van der Waals surface area contributed by atoms with Gasteiger partial charge in [-0.3, -0.25) is 9.13 Å². The van der Waals surface area contributed by atoms with Crippen molar-refractivity contribution in [1.29, 1.82) is 0 Å². The summed E-state index contributed by atoms with van der Waals surface area (Å²) < 4.78 is 4.03. The van der Waals surface area contributed by atoms with E-state index in [0.29, 0.717) is 12.0 Å². The Morgan fingerprint density at radius 3 is 2.45 bits per heavy atom. The molecule has 4 nitrogen and oxygen atoms in total. The molecule has 3 aromatic rings. The molecule has 29 heavy (non-hydrogen) atoms. The molecule has 0 spiro atoms. The van der Waals surface area contributed by atoms with Crippen LogP contribution >= 0.6 is 11.6 Å². The first-order valence-electron chi connectivity index (χ1n) is 10.9. The van der Waals surface area contributed by atoms with Crippen LogP contribution in [0.1, 0.15) is 36.8 Å². The Hall–Kier alpha value is -2.04. The van der Waals surface area contributed by atoms with E-state index in [4.69, 9.17) is 11.6 Å². The lowest BCUT2D eigenvalue weighted by atomic mass is 9.64. The minimum Gasteiger partial charge on any atom is -0.301 e. The number of hydrogen-bond donors (Lipinski definition) is 0. The van der Waals surface area contributed by atoms with Crippen molar-refractivity contribution >= 4 is 22.6 Å². The van der Waals surface area contributed by atoms with Gasteiger partial charge in [-0.2, -0.15) is 0 Å². The molecule has 0 radical (unpaired) electrons. The molecule has 3 atom stereocenters. The number of aromatic nitrogens is 2. The summed E-state index contributed by atoms with van der Waals surface area (Å²) in [5.41, 5.74) is 3.80. The van der Waals surface area contributed by atoms with E-state index in [1.165, 1.54) is 18.5 Å². The molecule has 0 bridgehead atoms. The van der Waals surface area contributed by atoms with E-state index in [0.717, 1.165) is 60.4 Å². The molecule has 3 aliphatic rings. The third-order valence-corrected chi connectivity index (χ3v) is 7.61. The molecule has 5 heteroatoms. The maximum absolute atomic E-state index is 13.1. The number of rotatable bonds is 5. The van der Waals surface area contributed by atoms with Crippen LogP contribution in [-0.4, -0.2) is 33.7 Å². The molecule has 1 aromatic heterocycles. The lowest BCUT2D eigenvalue weighted by Gasteiger charge is -2.40. The number of likely N-dealkylation sites (tertiary alicyclic amines) is 1. The van der Waals surface area contributed by atoms with Crippen molar-refractivity contribution < 1.29 is 0 Å². The molecule has 1 unspecified atom stereocenters. The predicted octanol–water partition coefficient (Wildman–Crippen LogP) is 4.53. The number of hydrogen-bond acceptors (Lipinski definition) is 2. The number of para-hydroxylation sites is 2. The number of fused-ring (bicyclic) bond motifs is 2. The van der Waals surface area contributed by atoms with Crippen LogP contribution < -0.4 is 5.69 Å². The van der Waals surface area contributed by atoms with Gasteiger partial charge < -0.3 is 4.90 Å². The Kier molecular flexibility index (Phi) is 4.14. The normalized spacial score (nSPS) is 26.6. The number of halogens is 1. The Morgan fingerprint density at radius 2 is 1.69 bits per heavy atom. The van der Waals surface area contributed by atoms with Crippen molar-refractivity contribution in [3.8, 4) is 0 Å². The van der Waals surface area contributed by atoms with Crippen molar-refractivity contribution in [1.82, 2.24) is 14.0 Å². The minimum absolute atomic E-state index is 0.176. The highest BCUT2D eigenvalue weighted by Gasteiger charge is 2.47. The van der Waals surface area contributed by atoms with E-state index in [2.05, 4.69) is 29.2 Å². The standard InChI is InChI=1S/C24H26ClN3O/c25-18-7-5-16(6-8-18)20-13-17-14-26(15-21(17)20)11-12-27-22-3-1-2-4-23(22)28(24(27)29)19-9-10-19/h1-8,17,19-21H,9-15H2/t17?,20-,21+/m1/s1. The molecule has 2 aliphatic carbocycles. The summed E-state index contributed by atoms with van der Waals surface area (Å²) in [4.78, 5) is 15.6. The van der Waals surface area contributed by atoms with Gasteiger partial charge in [0.2, 0.25) is 0 Å². The molecule has 3 fully saturated rings. The molecule has 2 heterocycles. The van der Waals surface area contributed by atoms with Crippen LogP contribution in [0.15, 0.2) is 53.3 Å². The van der Waals surface area contributed by atoms with Crippen LogP contribution in [0.5, 0.6) is 0 Å². The van der Waals surface area contributed by atoms with E-state index in [-0.39, 0.29) is 5.69 Å². The van der Waals surface area contributed by atoms with Crippen LogP contribution in [0.2, 0.25) is 5.02 Å². The first-order chi connectivity index (χ1) is 14.2. The summed E-state index contributed by atoms with van der Waals surface area (Å²) in [5, 5.41) is 0.813. The Morgan fingerprint density at radius 1 is 0.931 bits per heavy atom. The number of nitrogens with zero attached hydrogens (tertiary/aromatic N) is 3. The van der Waals surface area contributed by atoms with Gasteiger partial charge in [0, 0.05) is 37.2 Å². The van der Waals surface area contributed by atoms with Crippen molar-refractivity contribution in [2.75, 3.05) is 19.6 Å². The second-order valence-electron chi connectivity index (χ2n) is 9.10. The largest absolute Gasteiger partial charge is 0.329 e. The van der Waals surface area contributed by atoms with Gasteiger partial charge in [-0.25, -0.2) is 4.79 Å². The Labute approximate surface area is 175 Å². The summed E-state index contributed by atoms with van der Waals surface area (Å²) in [6, 6.07) is 17.1. The van der Waals surface area contributed by atoms with Gasteiger partial charge in [-0.15, -0.1) is 0 Å². The summed E-state index contributed by atoms with van der Waals surface area (Å²) in [6.07, 6.45) is 3.55. The summed E-state index contributed by atoms with van der Waals surface area (Å²) in [5.74, 6) is 2.22. The highest BCUT2D eigenvalue weighted by Crippen LogP contribution is 2.51. The van der Waals surface area contributed by atoms with E-state index in [1.54, 1.807) is 0 Å². The van der Waals surface area contributed by atoms with Gasteiger partial charge in [0.15, 0.2) is 0 Å². The molecule has 2 aromatic carbocycles. The molecular formula is C24H26ClN3O. The second kappa shape index (κ2) is 6.75. The molecular weight excluding hydrogens is 382 g/mol. The zero-order valence-electron chi connectivity index (χ0n) is 16.5. The fraction of sp³-hybridized carbons (Fsp3) is 0.458. The number of imidazole rings is 1. The van der Waals surface area contributed by atoms with Gasteiger partial charge in [0.05, 0.1) is 11.0 Å². The molecule has 6 rings (SSSR count). The SMILES string of the molecule is O=c1n(CCN2CC3C[C@H](c4ccc(Cl)cc4)[C@H]3C2)c2ccccc2n1C1CC1. The maximum Gasteiger partial charge on any atom is 0.329 e. The summed E-state index contributed by atoms with van der Waals surface area (Å²) in [7, 11) is 0. The third-order valence-electron chi connectivity index (χ3n) is 7.36. The predicted molar refractivity (Wildman–Crippen MR) is 117 cm³/mol. The molecule has 150 valence electrons. The summed E-state index contributed by atoms with van der Waals surface area (Å²) in [6.45, 7) is 4.06. The minimum atomic E-state index is 0.176. The molecule has 1 aliphatic heterocycles. The molecule has 1 saturated heterocycles. The highest BCUT2D eigenvalue weighted by molar-refractivity contribution is 6.30. The van der Waals surface area contributed by atoms with Crippen LogP contribution in [-0.2, 0) is 6.54 Å². The smallest absolute Gasteiger partial charge is 0.301 e. The van der Waals surface area contributed by atoms with Gasteiger partial charge in [0.25, 0.3) is 0 Å². The van der Waals surface area contributed by atoms with Crippen LogP contribution in [0.4, 0.5) is 0 Å². The highest BCUT2D eigenvalue weighted by atomic mass is 35.5. The van der Waals surface area contributed by atoms with Crippen molar-refractivity contribution in [2.24, 2.45) is 11.8 Å². The fourth-order valence-corrected chi connectivity index (χ4v) is 5.78. The zero-order chi connectivity index (χ0) is 19.5. The maximum atomic E-state index is 13.1. The quantitative estimate of drug-likeness (QED) is 0.622. The van der Waals surface area contributed by atoms with E-state index in [9.17, 15) is 4.79 Å². The fourth-order valence-electron chi connectivity index (χ4n) is 5.65. The lowest BCUT2D eigenvalue weighted by molar-refractivity contribution is 0.191. The molecule has 0 N–H and O–H groups in total. The average Bonchev–Trinajstić information content (AvgIpc) is 3.44. The Bertz CT molecular complexity index is 1110. The van der Waals surface area contributed by atoms with Crippen molar-refractivity contribution in [3.63, 3.8) is 0 Å². The topological polar surface area (TPSA) is 30.2 Å². The molecule has 2 saturated carbocycles. The van der Waals surface area contributed by atoms with Crippen LogP contribution in [0, 0.1) is 11.8 Å². The molecule has 0 amide bonds. The van der Waals surface area contributed by atoms with E-state index < -0.39 is 0 Å². The van der Waals surface area contributed by atoms with Crippen LogP contribution in [0.25, 0.3) is 11.0 Å². The third kappa shape index (κ3) is 2.96. The van der Waals surface area contributed by atoms with Crippen LogP contribution in [0.3, 0.4) is 0 Å². The zero-order valence-corrected chi connectivity index (χ0v) is 17.3. The van der Waals surface area contributed by atoms with E-state index in [1.807, 2.05) is 33.4 Å². The van der Waals surface area contributed by atoms with Gasteiger partial charge >= 0.3 is 5.69 Å². The lowest BCUT2D eigenvalue weighted by Crippen LogP contribution is -2.33. The second-order valence-corrected chi connectivity index (χ2v) is 9.54. The summed E-state index contributed by atoms with van der Waals surface area (Å²) >= 11 is 6.05. The van der Waals surface area contributed by atoms with Crippen molar-refractivity contribution in [2.45, 2.75) is 37.8 Å². The average molecular weight is 408 g/mol. The van der Waals surface area contributed by atoms with Gasteiger partial charge in [0.1, 0.15) is 0 Å². The first-order valence-corrected chi connectivity index (χ1v) is 11.2. The number of benzene rings is 2. The van der Waals surface area contributed by atoms with E-state index >= 15 is 0 Å².